The van der Waals surface area contributed by atoms with Gasteiger partial charge in [-0.1, -0.05) is 51.2 Å². The molecule has 0 aromatic heterocycles. The SMILES string of the molecule is C=CCCCCCCCCCCC1CC(=C)C(=O)O1. The quantitative estimate of drug-likeness (QED) is 0.228. The van der Waals surface area contributed by atoms with Gasteiger partial charge in [-0.15, -0.1) is 6.58 Å². The van der Waals surface area contributed by atoms with Crippen LogP contribution in [0.4, 0.5) is 0 Å². The van der Waals surface area contributed by atoms with Crippen molar-refractivity contribution >= 4 is 5.97 Å². The lowest BCUT2D eigenvalue weighted by Crippen LogP contribution is -2.06. The fourth-order valence-electron chi connectivity index (χ4n) is 2.52. The monoisotopic (exact) mass is 264 g/mol. The zero-order valence-electron chi connectivity index (χ0n) is 12.2. The van der Waals surface area contributed by atoms with E-state index in [1.807, 2.05) is 6.08 Å². The number of carbonyl (C=O) groups is 1. The van der Waals surface area contributed by atoms with Gasteiger partial charge in [-0.3, -0.25) is 0 Å². The molecule has 1 saturated heterocycles. The number of hydrogen-bond acceptors (Lipinski definition) is 2. The minimum Gasteiger partial charge on any atom is -0.459 e. The number of ether oxygens (including phenoxy) is 1. The predicted octanol–water partition coefficient (Wildman–Crippen LogP) is 4.95. The lowest BCUT2D eigenvalue weighted by molar-refractivity contribution is -0.139. The first kappa shape index (κ1) is 16.0. The molecule has 1 aliphatic heterocycles. The summed E-state index contributed by atoms with van der Waals surface area (Å²) in [6.45, 7) is 7.44. The van der Waals surface area contributed by atoms with Crippen molar-refractivity contribution < 1.29 is 9.53 Å². The fraction of sp³-hybridized carbons (Fsp3) is 0.706. The molecule has 1 aliphatic rings. The second-order valence-electron chi connectivity index (χ2n) is 5.53. The number of esters is 1. The van der Waals surface area contributed by atoms with E-state index in [1.54, 1.807) is 0 Å². The van der Waals surface area contributed by atoms with E-state index in [2.05, 4.69) is 13.2 Å². The molecule has 2 nitrogen and oxygen atoms in total. The van der Waals surface area contributed by atoms with E-state index >= 15 is 0 Å². The van der Waals surface area contributed by atoms with Crippen molar-refractivity contribution in [3.63, 3.8) is 0 Å². The topological polar surface area (TPSA) is 26.3 Å². The van der Waals surface area contributed by atoms with Gasteiger partial charge in [-0.2, -0.15) is 0 Å². The van der Waals surface area contributed by atoms with Gasteiger partial charge in [0.1, 0.15) is 6.10 Å². The van der Waals surface area contributed by atoms with Crippen molar-refractivity contribution in [2.45, 2.75) is 76.7 Å². The van der Waals surface area contributed by atoms with Crippen molar-refractivity contribution in [3.05, 3.63) is 24.8 Å². The summed E-state index contributed by atoms with van der Waals surface area (Å²) in [5.74, 6) is -0.190. The van der Waals surface area contributed by atoms with Crippen LogP contribution in [0.15, 0.2) is 24.8 Å². The third kappa shape index (κ3) is 7.19. The Kier molecular flexibility index (Phi) is 8.28. The molecule has 0 saturated carbocycles. The second kappa shape index (κ2) is 9.82. The van der Waals surface area contributed by atoms with Gasteiger partial charge < -0.3 is 4.74 Å². The van der Waals surface area contributed by atoms with Crippen LogP contribution >= 0.6 is 0 Å². The molecule has 1 rings (SSSR count). The van der Waals surface area contributed by atoms with Crippen LogP contribution in [-0.4, -0.2) is 12.1 Å². The normalized spacial score (nSPS) is 18.6. The van der Waals surface area contributed by atoms with Crippen LogP contribution in [0.2, 0.25) is 0 Å². The van der Waals surface area contributed by atoms with Gasteiger partial charge in [0, 0.05) is 12.0 Å². The van der Waals surface area contributed by atoms with E-state index in [-0.39, 0.29) is 12.1 Å². The molecule has 0 spiro atoms. The summed E-state index contributed by atoms with van der Waals surface area (Å²) in [6.07, 6.45) is 15.4. The summed E-state index contributed by atoms with van der Waals surface area (Å²) in [5.41, 5.74) is 0.643. The van der Waals surface area contributed by atoms with Gasteiger partial charge in [0.15, 0.2) is 0 Å². The van der Waals surface area contributed by atoms with Crippen LogP contribution in [0.5, 0.6) is 0 Å². The number of hydrogen-bond donors (Lipinski definition) is 0. The Labute approximate surface area is 117 Å². The van der Waals surface area contributed by atoms with Crippen molar-refractivity contribution in [1.82, 2.24) is 0 Å². The van der Waals surface area contributed by atoms with E-state index in [4.69, 9.17) is 4.74 Å². The molecule has 0 amide bonds. The molecular formula is C17H28O2. The average Bonchev–Trinajstić information content (AvgIpc) is 2.71. The summed E-state index contributed by atoms with van der Waals surface area (Å²) < 4.78 is 5.21. The molecule has 19 heavy (non-hydrogen) atoms. The molecule has 2 heteroatoms. The Hall–Kier alpha value is -1.05. The molecule has 0 bridgehead atoms. The number of allylic oxidation sites excluding steroid dienone is 1. The van der Waals surface area contributed by atoms with E-state index in [9.17, 15) is 4.79 Å². The molecule has 0 N–H and O–H groups in total. The van der Waals surface area contributed by atoms with Gasteiger partial charge in [0.2, 0.25) is 0 Å². The van der Waals surface area contributed by atoms with Crippen LogP contribution < -0.4 is 0 Å². The van der Waals surface area contributed by atoms with Crippen LogP contribution in [0.1, 0.15) is 70.6 Å². The average molecular weight is 264 g/mol. The Balaban J connectivity index is 1.83. The molecular weight excluding hydrogens is 236 g/mol. The Morgan fingerprint density at radius 2 is 1.63 bits per heavy atom. The highest BCUT2D eigenvalue weighted by atomic mass is 16.5. The predicted molar refractivity (Wildman–Crippen MR) is 80.0 cm³/mol. The Morgan fingerprint density at radius 1 is 1.05 bits per heavy atom. The lowest BCUT2D eigenvalue weighted by atomic mass is 10.0. The number of cyclic esters (lactones) is 1. The second-order valence-corrected chi connectivity index (χ2v) is 5.53. The first-order chi connectivity index (χ1) is 9.24. The molecule has 1 fully saturated rings. The van der Waals surface area contributed by atoms with E-state index in [0.717, 1.165) is 19.3 Å². The van der Waals surface area contributed by atoms with Crippen molar-refractivity contribution in [3.8, 4) is 0 Å². The summed E-state index contributed by atoms with van der Waals surface area (Å²) in [7, 11) is 0. The Bertz CT molecular complexity index is 278. The largest absolute Gasteiger partial charge is 0.459 e. The van der Waals surface area contributed by atoms with Crippen LogP contribution in [0, 0.1) is 0 Å². The van der Waals surface area contributed by atoms with Crippen molar-refractivity contribution in [2.75, 3.05) is 0 Å². The maximum atomic E-state index is 11.1. The van der Waals surface area contributed by atoms with Crippen LogP contribution in [-0.2, 0) is 9.53 Å². The van der Waals surface area contributed by atoms with E-state index in [1.165, 1.54) is 51.4 Å². The molecule has 1 atom stereocenters. The zero-order valence-corrected chi connectivity index (χ0v) is 12.2. The van der Waals surface area contributed by atoms with Crippen molar-refractivity contribution in [2.24, 2.45) is 0 Å². The lowest BCUT2D eigenvalue weighted by Gasteiger charge is -2.07. The van der Waals surface area contributed by atoms with Gasteiger partial charge in [-0.05, 0) is 25.7 Å². The van der Waals surface area contributed by atoms with Gasteiger partial charge in [0.25, 0.3) is 0 Å². The number of rotatable bonds is 11. The van der Waals surface area contributed by atoms with E-state index in [0.29, 0.717) is 5.57 Å². The minimum absolute atomic E-state index is 0.110. The molecule has 1 unspecified atom stereocenters. The molecule has 1 heterocycles. The van der Waals surface area contributed by atoms with Gasteiger partial charge in [0.05, 0.1) is 0 Å². The van der Waals surface area contributed by atoms with Gasteiger partial charge in [-0.25, -0.2) is 4.79 Å². The third-order valence-corrected chi connectivity index (χ3v) is 3.72. The first-order valence-electron chi connectivity index (χ1n) is 7.73. The highest BCUT2D eigenvalue weighted by Gasteiger charge is 2.26. The zero-order chi connectivity index (χ0) is 13.9. The summed E-state index contributed by atoms with van der Waals surface area (Å²) in [5, 5.41) is 0. The third-order valence-electron chi connectivity index (χ3n) is 3.72. The van der Waals surface area contributed by atoms with Crippen molar-refractivity contribution in [1.29, 1.82) is 0 Å². The highest BCUT2D eigenvalue weighted by molar-refractivity contribution is 5.89. The summed E-state index contributed by atoms with van der Waals surface area (Å²) >= 11 is 0. The Morgan fingerprint density at radius 3 is 2.16 bits per heavy atom. The van der Waals surface area contributed by atoms with Gasteiger partial charge >= 0.3 is 5.97 Å². The molecule has 0 aromatic carbocycles. The number of unbranched alkanes of at least 4 members (excludes halogenated alkanes) is 8. The number of carbonyl (C=O) groups excluding carboxylic acids is 1. The minimum atomic E-state index is -0.190. The fourth-order valence-corrected chi connectivity index (χ4v) is 2.52. The van der Waals surface area contributed by atoms with E-state index < -0.39 is 0 Å². The highest BCUT2D eigenvalue weighted by Crippen LogP contribution is 2.23. The first-order valence-corrected chi connectivity index (χ1v) is 7.73. The summed E-state index contributed by atoms with van der Waals surface area (Å²) in [6, 6.07) is 0. The smallest absolute Gasteiger partial charge is 0.333 e. The standard InChI is InChI=1S/C17H28O2/c1-3-4-5-6-7-8-9-10-11-12-13-16-14-15(2)17(18)19-16/h3,16H,1-2,4-14H2. The van der Waals surface area contributed by atoms with Crippen LogP contribution in [0.25, 0.3) is 0 Å². The molecule has 0 aliphatic carbocycles. The maximum absolute atomic E-state index is 11.1. The molecule has 108 valence electrons. The molecule has 0 aromatic rings. The van der Waals surface area contributed by atoms with Crippen LogP contribution in [0.3, 0.4) is 0 Å². The molecule has 0 radical (unpaired) electrons. The summed E-state index contributed by atoms with van der Waals surface area (Å²) in [4.78, 5) is 11.1. The maximum Gasteiger partial charge on any atom is 0.333 e.